The van der Waals surface area contributed by atoms with Crippen LogP contribution in [-0.4, -0.2) is 85.0 Å². The average Bonchev–Trinajstić information content (AvgIpc) is 3.44. The molecule has 0 fully saturated rings. The molecule has 0 aliphatic rings. The van der Waals surface area contributed by atoms with Crippen LogP contribution in [0, 0.1) is 0 Å². The van der Waals surface area contributed by atoms with Crippen LogP contribution in [0.1, 0.15) is 32.8 Å². The molecule has 4 unspecified atom stereocenters. The molecule has 2 amide bonds. The molecule has 4 N–H and O–H groups in total. The number of sulfonamides is 1. The Morgan fingerprint density at radius 3 is 2.15 bits per heavy atom. The number of hydrogen-bond donors (Lipinski definition) is 4. The highest BCUT2D eigenvalue weighted by atomic mass is 32.2. The SMILES string of the molecule is CSCCC(NC(=O)c1ccccc1)C(O)C(O)C(Cc1ccccc1)NC(=O)c1csc(N(C)S(C)(=O)=O)n1. The van der Waals surface area contributed by atoms with E-state index in [0.717, 1.165) is 27.5 Å². The molecule has 1 aromatic heterocycles. The first-order chi connectivity index (χ1) is 19.0. The molecule has 2 aromatic carbocycles. The van der Waals surface area contributed by atoms with Gasteiger partial charge in [-0.15, -0.1) is 11.3 Å². The van der Waals surface area contributed by atoms with Gasteiger partial charge in [-0.3, -0.25) is 9.59 Å². The lowest BCUT2D eigenvalue weighted by atomic mass is 9.92. The summed E-state index contributed by atoms with van der Waals surface area (Å²) >= 11 is 2.53. The highest BCUT2D eigenvalue weighted by Gasteiger charge is 2.34. The van der Waals surface area contributed by atoms with Gasteiger partial charge in [0.25, 0.3) is 11.8 Å². The quantitative estimate of drug-likeness (QED) is 0.218. The van der Waals surface area contributed by atoms with Crippen LogP contribution < -0.4 is 14.9 Å². The predicted octanol–water partition coefficient (Wildman–Crippen LogP) is 2.15. The molecule has 10 nitrogen and oxygen atoms in total. The van der Waals surface area contributed by atoms with E-state index in [0.29, 0.717) is 17.7 Å². The Hall–Kier alpha value is -2.97. The lowest BCUT2D eigenvalue weighted by Crippen LogP contribution is -2.56. The summed E-state index contributed by atoms with van der Waals surface area (Å²) in [6.45, 7) is 0. The molecule has 0 radical (unpaired) electrons. The summed E-state index contributed by atoms with van der Waals surface area (Å²) in [5.41, 5.74) is 1.21. The fourth-order valence-corrected chi connectivity index (χ4v) is 5.94. The number of benzene rings is 2. The number of thiazole rings is 1. The van der Waals surface area contributed by atoms with Crippen LogP contribution in [0.2, 0.25) is 0 Å². The third kappa shape index (κ3) is 8.77. The van der Waals surface area contributed by atoms with E-state index < -0.39 is 40.2 Å². The molecule has 0 aliphatic carbocycles. The van der Waals surface area contributed by atoms with Crippen LogP contribution in [0.4, 0.5) is 5.13 Å². The van der Waals surface area contributed by atoms with Crippen molar-refractivity contribution >= 4 is 50.1 Å². The molecule has 0 saturated carbocycles. The highest BCUT2D eigenvalue weighted by molar-refractivity contribution is 7.98. The van der Waals surface area contributed by atoms with Gasteiger partial charge in [0, 0.05) is 18.0 Å². The first-order valence-corrected chi connectivity index (χ1v) is 16.6. The van der Waals surface area contributed by atoms with Gasteiger partial charge in [0.1, 0.15) is 17.9 Å². The molecule has 0 bridgehead atoms. The van der Waals surface area contributed by atoms with Crippen molar-refractivity contribution in [3.05, 3.63) is 82.9 Å². The fourth-order valence-electron chi connectivity index (χ4n) is 3.91. The largest absolute Gasteiger partial charge is 0.388 e. The van der Waals surface area contributed by atoms with Gasteiger partial charge in [-0.25, -0.2) is 17.7 Å². The van der Waals surface area contributed by atoms with E-state index in [1.165, 1.54) is 24.2 Å². The monoisotopic (exact) mass is 606 g/mol. The minimum absolute atomic E-state index is 0.0217. The molecule has 13 heteroatoms. The van der Waals surface area contributed by atoms with E-state index >= 15 is 0 Å². The van der Waals surface area contributed by atoms with Crippen molar-refractivity contribution in [2.45, 2.75) is 37.1 Å². The zero-order valence-electron chi connectivity index (χ0n) is 22.4. The number of aromatic nitrogens is 1. The molecule has 40 heavy (non-hydrogen) atoms. The lowest BCUT2D eigenvalue weighted by Gasteiger charge is -2.33. The summed E-state index contributed by atoms with van der Waals surface area (Å²) < 4.78 is 24.7. The average molecular weight is 607 g/mol. The van der Waals surface area contributed by atoms with E-state index in [1.807, 2.05) is 36.6 Å². The Bertz CT molecular complexity index is 1350. The summed E-state index contributed by atoms with van der Waals surface area (Å²) in [5.74, 6) is -0.397. The van der Waals surface area contributed by atoms with Crippen molar-refractivity contribution in [3.8, 4) is 0 Å². The van der Waals surface area contributed by atoms with E-state index in [4.69, 9.17) is 0 Å². The van der Waals surface area contributed by atoms with E-state index in [-0.39, 0.29) is 23.2 Å². The zero-order chi connectivity index (χ0) is 29.3. The number of anilines is 1. The van der Waals surface area contributed by atoms with Gasteiger partial charge in [-0.05, 0) is 42.5 Å². The van der Waals surface area contributed by atoms with Crippen molar-refractivity contribution < 1.29 is 28.2 Å². The third-order valence-electron chi connectivity index (χ3n) is 6.27. The van der Waals surface area contributed by atoms with Gasteiger partial charge in [-0.1, -0.05) is 48.5 Å². The van der Waals surface area contributed by atoms with Crippen molar-refractivity contribution in [2.75, 3.05) is 29.6 Å². The summed E-state index contributed by atoms with van der Waals surface area (Å²) in [6.07, 6.45) is 0.649. The molecule has 0 aliphatic heterocycles. The summed E-state index contributed by atoms with van der Waals surface area (Å²) in [7, 11) is -2.22. The van der Waals surface area contributed by atoms with Gasteiger partial charge in [-0.2, -0.15) is 11.8 Å². The van der Waals surface area contributed by atoms with Crippen LogP contribution in [0.15, 0.2) is 66.0 Å². The second kappa shape index (κ2) is 14.6. The maximum absolute atomic E-state index is 13.2. The number of nitrogens with zero attached hydrogens (tertiary/aromatic N) is 2. The number of aliphatic hydroxyl groups is 2. The maximum atomic E-state index is 13.2. The highest BCUT2D eigenvalue weighted by Crippen LogP contribution is 2.22. The molecule has 216 valence electrons. The molecular formula is C27H34N4O6S3. The standard InChI is InChI=1S/C27H34N4O6S3/c1-31(40(3,36)37)27-30-22(17-39-27)26(35)29-21(16-18-10-6-4-7-11-18)24(33)23(32)20(14-15-38-2)28-25(34)19-12-8-5-9-13-19/h4-13,17,20-21,23-24,32-33H,14-16H2,1-3H3,(H,28,34)(H,29,35). The summed E-state index contributed by atoms with van der Waals surface area (Å²) in [4.78, 5) is 30.2. The molecule has 3 rings (SSSR count). The van der Waals surface area contributed by atoms with Gasteiger partial charge < -0.3 is 20.8 Å². The smallest absolute Gasteiger partial charge is 0.271 e. The Balaban J connectivity index is 1.83. The number of rotatable bonds is 14. The number of hydrogen-bond acceptors (Lipinski definition) is 9. The molecule has 0 spiro atoms. The molecule has 1 heterocycles. The topological polar surface area (TPSA) is 149 Å². The van der Waals surface area contributed by atoms with E-state index in [1.54, 1.807) is 30.3 Å². The number of carbonyl (C=O) groups excluding carboxylic acids is 2. The molecular weight excluding hydrogens is 573 g/mol. The lowest BCUT2D eigenvalue weighted by molar-refractivity contribution is -0.0224. The van der Waals surface area contributed by atoms with Crippen LogP contribution in [0.3, 0.4) is 0 Å². The van der Waals surface area contributed by atoms with E-state index in [9.17, 15) is 28.2 Å². The minimum atomic E-state index is -3.56. The molecule has 0 saturated heterocycles. The van der Waals surface area contributed by atoms with Crippen LogP contribution in [0.25, 0.3) is 0 Å². The predicted molar refractivity (Wildman–Crippen MR) is 159 cm³/mol. The van der Waals surface area contributed by atoms with Crippen LogP contribution >= 0.6 is 23.1 Å². The van der Waals surface area contributed by atoms with Crippen molar-refractivity contribution in [1.82, 2.24) is 15.6 Å². The normalized spacial score (nSPS) is 14.5. The number of aliphatic hydroxyl groups excluding tert-OH is 2. The van der Waals surface area contributed by atoms with Gasteiger partial charge >= 0.3 is 0 Å². The summed E-state index contributed by atoms with van der Waals surface area (Å²) in [5, 5.41) is 29.8. The minimum Gasteiger partial charge on any atom is -0.388 e. The molecule has 3 aromatic rings. The van der Waals surface area contributed by atoms with Crippen molar-refractivity contribution in [3.63, 3.8) is 0 Å². The Labute approximate surface area is 242 Å². The number of carbonyl (C=O) groups is 2. The zero-order valence-corrected chi connectivity index (χ0v) is 24.9. The second-order valence-corrected chi connectivity index (χ2v) is 13.1. The number of nitrogens with one attached hydrogen (secondary N) is 2. The van der Waals surface area contributed by atoms with Crippen LogP contribution in [0.5, 0.6) is 0 Å². The fraction of sp³-hybridized carbons (Fsp3) is 0.370. The van der Waals surface area contributed by atoms with Crippen LogP contribution in [-0.2, 0) is 16.4 Å². The van der Waals surface area contributed by atoms with Gasteiger partial charge in [0.15, 0.2) is 5.13 Å². The first-order valence-electron chi connectivity index (χ1n) is 12.5. The van der Waals surface area contributed by atoms with Crippen molar-refractivity contribution in [1.29, 1.82) is 0 Å². The molecule has 4 atom stereocenters. The Kier molecular flexibility index (Phi) is 11.5. The Morgan fingerprint density at radius 1 is 0.975 bits per heavy atom. The maximum Gasteiger partial charge on any atom is 0.271 e. The summed E-state index contributed by atoms with van der Waals surface area (Å²) in [6, 6.07) is 16.0. The van der Waals surface area contributed by atoms with Crippen molar-refractivity contribution in [2.24, 2.45) is 0 Å². The first kappa shape index (κ1) is 31.6. The van der Waals surface area contributed by atoms with Gasteiger partial charge in [0.2, 0.25) is 10.0 Å². The second-order valence-electron chi connectivity index (χ2n) is 9.22. The third-order valence-corrected chi connectivity index (χ3v) is 9.11. The number of amides is 2. The van der Waals surface area contributed by atoms with Gasteiger partial charge in [0.05, 0.1) is 18.3 Å². The number of thioether (sulfide) groups is 1. The van der Waals surface area contributed by atoms with E-state index in [2.05, 4.69) is 15.6 Å². The Morgan fingerprint density at radius 2 is 1.55 bits per heavy atom.